The first-order chi connectivity index (χ1) is 11.0. The van der Waals surface area contributed by atoms with Gasteiger partial charge in [-0.15, -0.1) is 0 Å². The number of alkyl halides is 3. The number of halogens is 3. The number of nitrogens with zero attached hydrogens (tertiary/aromatic N) is 1. The first-order valence-corrected chi connectivity index (χ1v) is 7.56. The zero-order valence-corrected chi connectivity index (χ0v) is 13.8. The fourth-order valence-corrected chi connectivity index (χ4v) is 2.09. The predicted octanol–water partition coefficient (Wildman–Crippen LogP) is 3.66. The second-order valence-corrected chi connectivity index (χ2v) is 6.65. The molecule has 0 radical (unpaired) electrons. The van der Waals surface area contributed by atoms with Crippen molar-refractivity contribution < 1.29 is 27.4 Å². The van der Waals surface area contributed by atoms with Crippen LogP contribution in [0.3, 0.4) is 0 Å². The maximum atomic E-state index is 12.1. The van der Waals surface area contributed by atoms with Gasteiger partial charge in [-0.3, -0.25) is 0 Å². The van der Waals surface area contributed by atoms with Gasteiger partial charge in [0.25, 0.3) is 0 Å². The molecule has 1 saturated heterocycles. The number of carbonyl (C=O) groups is 1. The van der Waals surface area contributed by atoms with E-state index in [0.717, 1.165) is 5.69 Å². The molecule has 8 heteroatoms. The molecule has 0 aromatic heterocycles. The Morgan fingerprint density at radius 1 is 1.21 bits per heavy atom. The van der Waals surface area contributed by atoms with Crippen molar-refractivity contribution in [1.82, 2.24) is 4.90 Å². The Bertz CT molecular complexity index is 561. The summed E-state index contributed by atoms with van der Waals surface area (Å²) in [5.74, 6) is 0.155. The van der Waals surface area contributed by atoms with Crippen LogP contribution >= 0.6 is 0 Å². The molecule has 0 atom stereocenters. The number of rotatable bonds is 4. The molecule has 0 spiro atoms. The molecule has 5 nitrogen and oxygen atoms in total. The van der Waals surface area contributed by atoms with Crippen LogP contribution in [0.4, 0.5) is 23.7 Å². The summed E-state index contributed by atoms with van der Waals surface area (Å²) in [4.78, 5) is 13.4. The SMILES string of the molecule is CC(C)(C)OC(=O)N1CC(Nc2ccc(OCC(F)(F)F)cc2)C1. The monoisotopic (exact) mass is 346 g/mol. The normalized spacial score (nSPS) is 15.7. The molecule has 0 saturated carbocycles. The maximum absolute atomic E-state index is 12.1. The lowest BCUT2D eigenvalue weighted by Gasteiger charge is -2.40. The van der Waals surface area contributed by atoms with Crippen molar-refractivity contribution in [3.8, 4) is 5.75 Å². The van der Waals surface area contributed by atoms with Gasteiger partial charge in [0.1, 0.15) is 11.4 Å². The molecule has 1 heterocycles. The van der Waals surface area contributed by atoms with E-state index >= 15 is 0 Å². The molecular weight excluding hydrogens is 325 g/mol. The maximum Gasteiger partial charge on any atom is 0.422 e. The summed E-state index contributed by atoms with van der Waals surface area (Å²) in [5, 5.41) is 3.20. The van der Waals surface area contributed by atoms with E-state index < -0.39 is 18.4 Å². The number of hydrogen-bond donors (Lipinski definition) is 1. The van der Waals surface area contributed by atoms with Gasteiger partial charge in [0, 0.05) is 18.8 Å². The molecule has 0 aliphatic carbocycles. The molecule has 0 unspecified atom stereocenters. The van der Waals surface area contributed by atoms with Gasteiger partial charge in [0.2, 0.25) is 0 Å². The number of likely N-dealkylation sites (tertiary alicyclic amines) is 1. The Hall–Kier alpha value is -2.12. The topological polar surface area (TPSA) is 50.8 Å². The third kappa shape index (κ3) is 5.82. The summed E-state index contributed by atoms with van der Waals surface area (Å²) in [6.07, 6.45) is -4.70. The van der Waals surface area contributed by atoms with E-state index in [9.17, 15) is 18.0 Å². The fourth-order valence-electron chi connectivity index (χ4n) is 2.09. The van der Waals surface area contributed by atoms with Gasteiger partial charge in [0.15, 0.2) is 6.61 Å². The Labute approximate surface area is 138 Å². The quantitative estimate of drug-likeness (QED) is 0.904. The Morgan fingerprint density at radius 3 is 2.29 bits per heavy atom. The summed E-state index contributed by atoms with van der Waals surface area (Å²) >= 11 is 0. The van der Waals surface area contributed by atoms with Crippen molar-refractivity contribution in [3.05, 3.63) is 24.3 Å². The molecule has 1 aliphatic rings. The highest BCUT2D eigenvalue weighted by atomic mass is 19.4. The largest absolute Gasteiger partial charge is 0.484 e. The van der Waals surface area contributed by atoms with Crippen LogP contribution in [0, 0.1) is 0 Å². The van der Waals surface area contributed by atoms with E-state index in [1.807, 2.05) is 20.8 Å². The summed E-state index contributed by atoms with van der Waals surface area (Å²) in [7, 11) is 0. The number of benzene rings is 1. The predicted molar refractivity (Wildman–Crippen MR) is 83.2 cm³/mol. The average molecular weight is 346 g/mol. The van der Waals surface area contributed by atoms with Crippen LogP contribution in [0.25, 0.3) is 0 Å². The van der Waals surface area contributed by atoms with Crippen LogP contribution in [0.1, 0.15) is 20.8 Å². The Balaban J connectivity index is 1.75. The summed E-state index contributed by atoms with van der Waals surface area (Å²) in [6.45, 7) is 5.14. The number of nitrogens with one attached hydrogen (secondary N) is 1. The first-order valence-electron chi connectivity index (χ1n) is 7.56. The van der Waals surface area contributed by atoms with Crippen LogP contribution in [-0.4, -0.2) is 48.5 Å². The average Bonchev–Trinajstić information content (AvgIpc) is 2.38. The van der Waals surface area contributed by atoms with Crippen LogP contribution < -0.4 is 10.1 Å². The summed E-state index contributed by atoms with van der Waals surface area (Å²) < 4.78 is 46.1. The van der Waals surface area contributed by atoms with Crippen molar-refractivity contribution in [2.75, 3.05) is 25.0 Å². The van der Waals surface area contributed by atoms with Crippen molar-refractivity contribution in [1.29, 1.82) is 0 Å². The number of hydrogen-bond acceptors (Lipinski definition) is 4. The minimum Gasteiger partial charge on any atom is -0.484 e. The molecule has 1 fully saturated rings. The van der Waals surface area contributed by atoms with E-state index in [1.54, 1.807) is 17.0 Å². The fraction of sp³-hybridized carbons (Fsp3) is 0.562. The van der Waals surface area contributed by atoms with E-state index in [4.69, 9.17) is 4.74 Å². The molecule has 1 N–H and O–H groups in total. The second kappa shape index (κ2) is 6.78. The smallest absolute Gasteiger partial charge is 0.422 e. The number of ether oxygens (including phenoxy) is 2. The van der Waals surface area contributed by atoms with E-state index in [-0.39, 0.29) is 17.9 Å². The van der Waals surface area contributed by atoms with E-state index in [0.29, 0.717) is 13.1 Å². The molecule has 1 aliphatic heterocycles. The highest BCUT2D eigenvalue weighted by Gasteiger charge is 2.33. The van der Waals surface area contributed by atoms with Crippen molar-refractivity contribution in [3.63, 3.8) is 0 Å². The van der Waals surface area contributed by atoms with Crippen molar-refractivity contribution in [2.45, 2.75) is 38.6 Å². The van der Waals surface area contributed by atoms with Gasteiger partial charge in [-0.05, 0) is 45.0 Å². The highest BCUT2D eigenvalue weighted by molar-refractivity contribution is 5.69. The molecule has 2 rings (SSSR count). The molecule has 0 bridgehead atoms. The first kappa shape index (κ1) is 18.2. The van der Waals surface area contributed by atoms with Crippen molar-refractivity contribution in [2.24, 2.45) is 0 Å². The summed E-state index contributed by atoms with van der Waals surface area (Å²) in [6, 6.07) is 6.31. The molecule has 1 aromatic carbocycles. The van der Waals surface area contributed by atoms with Crippen LogP contribution in [-0.2, 0) is 4.74 Å². The Morgan fingerprint density at radius 2 is 1.79 bits per heavy atom. The third-order valence-corrected chi connectivity index (χ3v) is 3.16. The highest BCUT2D eigenvalue weighted by Crippen LogP contribution is 2.22. The third-order valence-electron chi connectivity index (χ3n) is 3.16. The second-order valence-electron chi connectivity index (χ2n) is 6.65. The lowest BCUT2D eigenvalue weighted by atomic mass is 10.1. The minimum absolute atomic E-state index is 0.0828. The summed E-state index contributed by atoms with van der Waals surface area (Å²) in [5.41, 5.74) is 0.227. The lowest BCUT2D eigenvalue weighted by molar-refractivity contribution is -0.153. The van der Waals surface area contributed by atoms with Gasteiger partial charge in [-0.2, -0.15) is 13.2 Å². The number of carbonyl (C=O) groups excluding carboxylic acids is 1. The van der Waals surface area contributed by atoms with Crippen LogP contribution in [0.15, 0.2) is 24.3 Å². The lowest BCUT2D eigenvalue weighted by Crippen LogP contribution is -2.57. The molecule has 24 heavy (non-hydrogen) atoms. The van der Waals surface area contributed by atoms with Crippen molar-refractivity contribution >= 4 is 11.8 Å². The standard InChI is InChI=1S/C16H21F3N2O3/c1-15(2,3)24-14(22)21-8-12(9-21)20-11-4-6-13(7-5-11)23-10-16(17,18)19/h4-7,12,20H,8-10H2,1-3H3. The molecule has 1 aromatic rings. The minimum atomic E-state index is -4.35. The van der Waals surface area contributed by atoms with Crippen LogP contribution in [0.5, 0.6) is 5.75 Å². The number of anilines is 1. The van der Waals surface area contributed by atoms with Gasteiger partial charge in [0.05, 0.1) is 6.04 Å². The Kier molecular flexibility index (Phi) is 5.15. The molecule has 1 amide bonds. The van der Waals surface area contributed by atoms with E-state index in [1.165, 1.54) is 12.1 Å². The van der Waals surface area contributed by atoms with Gasteiger partial charge < -0.3 is 19.7 Å². The molecular formula is C16H21F3N2O3. The van der Waals surface area contributed by atoms with Gasteiger partial charge >= 0.3 is 12.3 Å². The van der Waals surface area contributed by atoms with Gasteiger partial charge in [-0.25, -0.2) is 4.79 Å². The zero-order chi connectivity index (χ0) is 18.0. The van der Waals surface area contributed by atoms with Gasteiger partial charge in [-0.1, -0.05) is 0 Å². The van der Waals surface area contributed by atoms with Crippen LogP contribution in [0.2, 0.25) is 0 Å². The van der Waals surface area contributed by atoms with E-state index in [2.05, 4.69) is 10.1 Å². The molecule has 134 valence electrons. The zero-order valence-electron chi connectivity index (χ0n) is 13.8. The number of amides is 1.